The van der Waals surface area contributed by atoms with E-state index in [-0.39, 0.29) is 25.0 Å². The predicted molar refractivity (Wildman–Crippen MR) is 168 cm³/mol. The first-order valence-electron chi connectivity index (χ1n) is 16.8. The molecule has 0 rings (SSSR count). The minimum Gasteiger partial charge on any atom is -0.395 e. The predicted octanol–water partition coefficient (Wildman–Crippen LogP) is 4.87. The molecular weight excluding hydrogens is 504 g/mol. The summed E-state index contributed by atoms with van der Waals surface area (Å²) in [4.78, 5) is 29.2. The summed E-state index contributed by atoms with van der Waals surface area (Å²) in [5.74, 6) is 0.123. The van der Waals surface area contributed by atoms with E-state index in [0.717, 1.165) is 25.9 Å². The number of nitrogens with one attached hydrogen (secondary N) is 2. The maximum Gasteiger partial charge on any atom is 0.224 e. The van der Waals surface area contributed by atoms with Crippen molar-refractivity contribution < 1.29 is 19.8 Å². The molecule has 0 spiro atoms. The van der Waals surface area contributed by atoms with Gasteiger partial charge in [0, 0.05) is 65.2 Å². The lowest BCUT2D eigenvalue weighted by Gasteiger charge is -2.23. The van der Waals surface area contributed by atoms with Crippen molar-refractivity contribution in [2.75, 3.05) is 65.6 Å². The SMILES string of the molecule is CCCCCCCCCCN(CCCCCCCCCC)C(=O)CCNC(=O)CCNCCN(CCO)CCO. The summed E-state index contributed by atoms with van der Waals surface area (Å²) in [5, 5.41) is 24.3. The second-order valence-electron chi connectivity index (χ2n) is 11.2. The number of hydrogen-bond acceptors (Lipinski definition) is 6. The van der Waals surface area contributed by atoms with Crippen molar-refractivity contribution in [2.24, 2.45) is 0 Å². The van der Waals surface area contributed by atoms with Crippen LogP contribution >= 0.6 is 0 Å². The molecule has 0 fully saturated rings. The molecule has 0 heterocycles. The summed E-state index contributed by atoms with van der Waals surface area (Å²) >= 11 is 0. The molecule has 8 nitrogen and oxygen atoms in total. The van der Waals surface area contributed by atoms with Gasteiger partial charge in [-0.1, -0.05) is 104 Å². The molecule has 0 aliphatic heterocycles. The largest absolute Gasteiger partial charge is 0.395 e. The van der Waals surface area contributed by atoms with E-state index in [0.29, 0.717) is 52.1 Å². The fraction of sp³-hybridized carbons (Fsp3) is 0.938. The van der Waals surface area contributed by atoms with Crippen LogP contribution in [0.5, 0.6) is 0 Å². The summed E-state index contributed by atoms with van der Waals surface area (Å²) in [6.45, 7) is 9.74. The fourth-order valence-corrected chi connectivity index (χ4v) is 4.97. The van der Waals surface area contributed by atoms with Gasteiger partial charge in [-0.05, 0) is 12.8 Å². The molecule has 0 saturated carbocycles. The number of unbranched alkanes of at least 4 members (excludes halogenated alkanes) is 14. The zero-order valence-electron chi connectivity index (χ0n) is 26.4. The molecule has 0 aromatic carbocycles. The van der Waals surface area contributed by atoms with Crippen LogP contribution in [0.25, 0.3) is 0 Å². The van der Waals surface area contributed by atoms with Gasteiger partial charge in [0.2, 0.25) is 11.8 Å². The average Bonchev–Trinajstić information content (AvgIpc) is 2.94. The molecule has 0 unspecified atom stereocenters. The van der Waals surface area contributed by atoms with E-state index >= 15 is 0 Å². The first kappa shape index (κ1) is 38.8. The Morgan fingerprint density at radius 1 is 0.550 bits per heavy atom. The Kier molecular flexibility index (Phi) is 29.8. The fourth-order valence-electron chi connectivity index (χ4n) is 4.97. The molecular formula is C32H66N4O4. The second kappa shape index (κ2) is 30.7. The molecule has 0 aromatic heterocycles. The number of amides is 2. The van der Waals surface area contributed by atoms with Gasteiger partial charge in [0.25, 0.3) is 0 Å². The Morgan fingerprint density at radius 3 is 1.50 bits per heavy atom. The Balaban J connectivity index is 4.23. The monoisotopic (exact) mass is 571 g/mol. The maximum absolute atomic E-state index is 13.0. The quantitative estimate of drug-likeness (QED) is 0.0887. The number of aliphatic hydroxyl groups excluding tert-OH is 2. The minimum atomic E-state index is -0.0411. The van der Waals surface area contributed by atoms with Crippen LogP contribution in [0.1, 0.15) is 129 Å². The van der Waals surface area contributed by atoms with Gasteiger partial charge in [-0.25, -0.2) is 0 Å². The van der Waals surface area contributed by atoms with Crippen LogP contribution in [-0.2, 0) is 9.59 Å². The summed E-state index contributed by atoms with van der Waals surface area (Å²) in [5.41, 5.74) is 0. The number of hydrogen-bond donors (Lipinski definition) is 4. The molecule has 0 radical (unpaired) electrons. The Bertz CT molecular complexity index is 539. The highest BCUT2D eigenvalue weighted by atomic mass is 16.3. The van der Waals surface area contributed by atoms with Gasteiger partial charge in [-0.3, -0.25) is 14.5 Å². The highest BCUT2D eigenvalue weighted by Crippen LogP contribution is 2.12. The first-order chi connectivity index (χ1) is 19.6. The summed E-state index contributed by atoms with van der Waals surface area (Å²) < 4.78 is 0. The van der Waals surface area contributed by atoms with Crippen molar-refractivity contribution in [3.63, 3.8) is 0 Å². The van der Waals surface area contributed by atoms with Crippen molar-refractivity contribution in [2.45, 2.75) is 129 Å². The van der Waals surface area contributed by atoms with Crippen LogP contribution in [-0.4, -0.2) is 97.4 Å². The minimum absolute atomic E-state index is 0.0411. The zero-order valence-corrected chi connectivity index (χ0v) is 26.4. The van der Waals surface area contributed by atoms with Gasteiger partial charge >= 0.3 is 0 Å². The van der Waals surface area contributed by atoms with Gasteiger partial charge in [0.1, 0.15) is 0 Å². The normalized spacial score (nSPS) is 11.3. The van der Waals surface area contributed by atoms with Crippen molar-refractivity contribution in [1.82, 2.24) is 20.4 Å². The molecule has 40 heavy (non-hydrogen) atoms. The van der Waals surface area contributed by atoms with Crippen molar-refractivity contribution >= 4 is 11.8 Å². The lowest BCUT2D eigenvalue weighted by Crippen LogP contribution is -2.38. The highest BCUT2D eigenvalue weighted by molar-refractivity contribution is 5.79. The second-order valence-corrected chi connectivity index (χ2v) is 11.2. The van der Waals surface area contributed by atoms with Crippen molar-refractivity contribution in [3.05, 3.63) is 0 Å². The van der Waals surface area contributed by atoms with E-state index in [9.17, 15) is 9.59 Å². The zero-order chi connectivity index (χ0) is 29.5. The Labute approximate surface area is 247 Å². The molecule has 0 aliphatic rings. The van der Waals surface area contributed by atoms with Gasteiger partial charge in [-0.15, -0.1) is 0 Å². The van der Waals surface area contributed by atoms with E-state index in [1.54, 1.807) is 0 Å². The number of carbonyl (C=O) groups is 2. The number of aliphatic hydroxyl groups is 2. The molecule has 8 heteroatoms. The third-order valence-electron chi connectivity index (χ3n) is 7.54. The molecule has 2 amide bonds. The number of nitrogens with zero attached hydrogens (tertiary/aromatic N) is 2. The van der Waals surface area contributed by atoms with Gasteiger partial charge in [0.05, 0.1) is 13.2 Å². The van der Waals surface area contributed by atoms with E-state index in [1.165, 1.54) is 89.9 Å². The van der Waals surface area contributed by atoms with Gasteiger partial charge in [0.15, 0.2) is 0 Å². The summed E-state index contributed by atoms with van der Waals surface area (Å²) in [6, 6.07) is 0. The van der Waals surface area contributed by atoms with Gasteiger partial charge < -0.3 is 25.7 Å². The van der Waals surface area contributed by atoms with Crippen molar-refractivity contribution in [1.29, 1.82) is 0 Å². The Morgan fingerprint density at radius 2 is 1.02 bits per heavy atom. The first-order valence-corrected chi connectivity index (χ1v) is 16.8. The maximum atomic E-state index is 13.0. The van der Waals surface area contributed by atoms with Crippen LogP contribution in [0.15, 0.2) is 0 Å². The van der Waals surface area contributed by atoms with Gasteiger partial charge in [-0.2, -0.15) is 0 Å². The summed E-state index contributed by atoms with van der Waals surface area (Å²) in [7, 11) is 0. The van der Waals surface area contributed by atoms with E-state index in [2.05, 4.69) is 24.5 Å². The molecule has 4 N–H and O–H groups in total. The molecule has 0 aromatic rings. The van der Waals surface area contributed by atoms with Crippen LogP contribution in [0.3, 0.4) is 0 Å². The lowest BCUT2D eigenvalue weighted by molar-refractivity contribution is -0.131. The summed E-state index contributed by atoms with van der Waals surface area (Å²) in [6.07, 6.45) is 21.0. The smallest absolute Gasteiger partial charge is 0.224 e. The van der Waals surface area contributed by atoms with Crippen LogP contribution in [0.4, 0.5) is 0 Å². The van der Waals surface area contributed by atoms with Crippen LogP contribution in [0.2, 0.25) is 0 Å². The van der Waals surface area contributed by atoms with E-state index < -0.39 is 0 Å². The lowest BCUT2D eigenvalue weighted by atomic mass is 10.1. The van der Waals surface area contributed by atoms with Crippen molar-refractivity contribution in [3.8, 4) is 0 Å². The molecule has 0 aliphatic carbocycles. The molecule has 0 bridgehead atoms. The molecule has 0 saturated heterocycles. The molecule has 0 atom stereocenters. The van der Waals surface area contributed by atoms with E-state index in [1.807, 2.05) is 9.80 Å². The average molecular weight is 571 g/mol. The standard InChI is InChI=1S/C32H66N4O4/c1-3-5-7-9-11-13-15-17-24-36(25-18-16-14-12-10-8-6-4-2)32(40)20-22-34-31(39)19-21-33-23-26-35(27-29-37)28-30-38/h33,37-38H,3-30H2,1-2H3,(H,34,39). The third kappa shape index (κ3) is 25.7. The topological polar surface area (TPSA) is 105 Å². The highest BCUT2D eigenvalue weighted by Gasteiger charge is 2.13. The van der Waals surface area contributed by atoms with E-state index in [4.69, 9.17) is 10.2 Å². The third-order valence-corrected chi connectivity index (χ3v) is 7.54. The molecule has 238 valence electrons. The Hall–Kier alpha value is -1.22. The number of carbonyl (C=O) groups excluding carboxylic acids is 2. The van der Waals surface area contributed by atoms with Crippen LogP contribution in [0, 0.1) is 0 Å². The number of rotatable bonds is 31. The van der Waals surface area contributed by atoms with Crippen LogP contribution < -0.4 is 10.6 Å².